The van der Waals surface area contributed by atoms with Crippen LogP contribution in [-0.2, 0) is 0 Å². The van der Waals surface area contributed by atoms with Crippen LogP contribution in [0.2, 0.25) is 0 Å². The van der Waals surface area contributed by atoms with Gasteiger partial charge in [0.05, 0.1) is 0 Å². The third kappa shape index (κ3) is 3.02. The van der Waals surface area contributed by atoms with Gasteiger partial charge in [-0.1, -0.05) is 17.7 Å². The smallest absolute Gasteiger partial charge is 0.150 e. The summed E-state index contributed by atoms with van der Waals surface area (Å²) in [6.07, 6.45) is 0.870. The minimum atomic E-state index is 0.352. The summed E-state index contributed by atoms with van der Waals surface area (Å²) in [5.74, 6) is 0. The Morgan fingerprint density at radius 2 is 1.37 bits per heavy atom. The Bertz CT molecular complexity index is 540. The Morgan fingerprint density at radius 3 is 1.79 bits per heavy atom. The molecule has 2 aromatic carbocycles. The summed E-state index contributed by atoms with van der Waals surface area (Å²) in [5, 5.41) is 0. The Kier molecular flexibility index (Phi) is 4.00. The molecule has 0 amide bonds. The topological polar surface area (TPSA) is 20.3 Å². The maximum Gasteiger partial charge on any atom is 0.150 e. The third-order valence-electron chi connectivity index (χ3n) is 3.14. The van der Waals surface area contributed by atoms with E-state index in [1.54, 1.807) is 0 Å². The molecule has 0 saturated carbocycles. The molecule has 0 aliphatic carbocycles. The monoisotopic (exact) mass is 253 g/mol. The number of rotatable bonds is 4. The molecule has 2 heteroatoms. The van der Waals surface area contributed by atoms with Crippen molar-refractivity contribution < 1.29 is 4.79 Å². The van der Waals surface area contributed by atoms with Gasteiger partial charge in [-0.25, -0.2) is 0 Å². The summed E-state index contributed by atoms with van der Waals surface area (Å²) < 4.78 is 0. The maximum atomic E-state index is 10.7. The minimum Gasteiger partial charge on any atom is -0.339 e. The lowest BCUT2D eigenvalue weighted by molar-refractivity contribution is 0.112. The molecule has 0 aliphatic heterocycles. The highest BCUT2D eigenvalue weighted by atomic mass is 16.1. The van der Waals surface area contributed by atoms with Crippen LogP contribution in [0.5, 0.6) is 0 Å². The summed E-state index contributed by atoms with van der Waals surface area (Å²) in [5.41, 5.74) is 4.23. The Hall–Kier alpha value is -2.09. The van der Waals surface area contributed by atoms with Crippen molar-refractivity contribution in [2.45, 2.75) is 26.8 Å². The molecule has 2 rings (SSSR count). The van der Waals surface area contributed by atoms with Gasteiger partial charge in [-0.3, -0.25) is 4.79 Å². The molecule has 2 nitrogen and oxygen atoms in total. The van der Waals surface area contributed by atoms with E-state index in [4.69, 9.17) is 0 Å². The number of hydrogen-bond acceptors (Lipinski definition) is 2. The number of hydrogen-bond donors (Lipinski definition) is 0. The molecule has 98 valence electrons. The van der Waals surface area contributed by atoms with E-state index in [1.165, 1.54) is 11.3 Å². The highest BCUT2D eigenvalue weighted by molar-refractivity contribution is 5.76. The van der Waals surface area contributed by atoms with Crippen molar-refractivity contribution in [3.8, 4) is 0 Å². The average molecular weight is 253 g/mol. The summed E-state index contributed by atoms with van der Waals surface area (Å²) in [6, 6.07) is 16.5. The zero-order valence-electron chi connectivity index (χ0n) is 11.6. The van der Waals surface area contributed by atoms with Crippen molar-refractivity contribution in [2.75, 3.05) is 4.90 Å². The van der Waals surface area contributed by atoms with Crippen molar-refractivity contribution in [1.82, 2.24) is 0 Å². The summed E-state index contributed by atoms with van der Waals surface area (Å²) in [4.78, 5) is 13.0. The Balaban J connectivity index is 2.39. The van der Waals surface area contributed by atoms with E-state index < -0.39 is 0 Å². The molecule has 0 heterocycles. The van der Waals surface area contributed by atoms with E-state index in [9.17, 15) is 4.79 Å². The maximum absolute atomic E-state index is 10.7. The predicted octanol–water partition coefficient (Wildman–Crippen LogP) is 4.35. The number of nitrogens with zero attached hydrogens (tertiary/aromatic N) is 1. The number of carbonyl (C=O) groups is 1. The van der Waals surface area contributed by atoms with E-state index in [1.807, 2.05) is 24.3 Å². The Morgan fingerprint density at radius 1 is 0.895 bits per heavy atom. The second kappa shape index (κ2) is 5.70. The van der Waals surface area contributed by atoms with E-state index in [2.05, 4.69) is 49.9 Å². The van der Waals surface area contributed by atoms with Crippen LogP contribution in [0.4, 0.5) is 11.4 Å². The minimum absolute atomic E-state index is 0.352. The molecule has 0 N–H and O–H groups in total. The van der Waals surface area contributed by atoms with Crippen LogP contribution in [-0.4, -0.2) is 12.3 Å². The summed E-state index contributed by atoms with van der Waals surface area (Å²) in [6.45, 7) is 6.41. The average Bonchev–Trinajstić information content (AvgIpc) is 2.42. The molecular formula is C17H19NO. The van der Waals surface area contributed by atoms with Gasteiger partial charge in [-0.2, -0.15) is 0 Å². The van der Waals surface area contributed by atoms with E-state index in [-0.39, 0.29) is 0 Å². The zero-order valence-corrected chi connectivity index (χ0v) is 11.6. The number of aldehydes is 1. The van der Waals surface area contributed by atoms with Gasteiger partial charge in [-0.15, -0.1) is 0 Å². The second-order valence-electron chi connectivity index (χ2n) is 5.01. The lowest BCUT2D eigenvalue weighted by Gasteiger charge is -2.29. The first-order chi connectivity index (χ1) is 9.11. The standard InChI is InChI=1S/C17H19NO/c1-13(2)18(16-8-4-14(3)5-9-16)17-10-6-15(12-19)7-11-17/h4-13H,1-3H3. The van der Waals surface area contributed by atoms with Gasteiger partial charge in [-0.05, 0) is 57.2 Å². The van der Waals surface area contributed by atoms with Crippen molar-refractivity contribution in [2.24, 2.45) is 0 Å². The van der Waals surface area contributed by atoms with Gasteiger partial charge in [0.15, 0.2) is 0 Å². The molecule has 0 atom stereocenters. The van der Waals surface area contributed by atoms with Crippen molar-refractivity contribution in [3.05, 3.63) is 59.7 Å². The van der Waals surface area contributed by atoms with Crippen LogP contribution < -0.4 is 4.90 Å². The molecule has 0 bridgehead atoms. The normalized spacial score (nSPS) is 10.5. The van der Waals surface area contributed by atoms with Crippen molar-refractivity contribution in [1.29, 1.82) is 0 Å². The first kappa shape index (κ1) is 13.3. The Labute approximate surface area is 114 Å². The number of aryl methyl sites for hydroxylation is 1. The summed E-state index contributed by atoms with van der Waals surface area (Å²) >= 11 is 0. The molecule has 0 radical (unpaired) electrons. The second-order valence-corrected chi connectivity index (χ2v) is 5.01. The molecule has 0 saturated heterocycles. The zero-order chi connectivity index (χ0) is 13.8. The summed E-state index contributed by atoms with van der Waals surface area (Å²) in [7, 11) is 0. The molecule has 0 unspecified atom stereocenters. The van der Waals surface area contributed by atoms with Gasteiger partial charge < -0.3 is 4.90 Å². The van der Waals surface area contributed by atoms with Gasteiger partial charge in [0, 0.05) is 23.0 Å². The number of anilines is 2. The van der Waals surface area contributed by atoms with E-state index >= 15 is 0 Å². The fraction of sp³-hybridized carbons (Fsp3) is 0.235. The fourth-order valence-electron chi connectivity index (χ4n) is 2.16. The fourth-order valence-corrected chi connectivity index (χ4v) is 2.16. The highest BCUT2D eigenvalue weighted by Gasteiger charge is 2.12. The van der Waals surface area contributed by atoms with Gasteiger partial charge in [0.1, 0.15) is 6.29 Å². The first-order valence-corrected chi connectivity index (χ1v) is 6.53. The van der Waals surface area contributed by atoms with Crippen LogP contribution in [0.15, 0.2) is 48.5 Å². The van der Waals surface area contributed by atoms with Gasteiger partial charge in [0.2, 0.25) is 0 Å². The van der Waals surface area contributed by atoms with Crippen LogP contribution in [0, 0.1) is 6.92 Å². The molecular weight excluding hydrogens is 234 g/mol. The number of benzene rings is 2. The predicted molar refractivity (Wildman–Crippen MR) is 80.3 cm³/mol. The molecule has 19 heavy (non-hydrogen) atoms. The van der Waals surface area contributed by atoms with Gasteiger partial charge in [0.25, 0.3) is 0 Å². The molecule has 0 fully saturated rings. The van der Waals surface area contributed by atoms with E-state index in [0.717, 1.165) is 12.0 Å². The third-order valence-corrected chi connectivity index (χ3v) is 3.14. The first-order valence-electron chi connectivity index (χ1n) is 6.53. The van der Waals surface area contributed by atoms with Crippen LogP contribution in [0.3, 0.4) is 0 Å². The largest absolute Gasteiger partial charge is 0.339 e. The molecule has 0 spiro atoms. The van der Waals surface area contributed by atoms with Crippen LogP contribution >= 0.6 is 0 Å². The quantitative estimate of drug-likeness (QED) is 0.755. The molecule has 0 aromatic heterocycles. The van der Waals surface area contributed by atoms with Crippen LogP contribution in [0.25, 0.3) is 0 Å². The lowest BCUT2D eigenvalue weighted by Crippen LogP contribution is -2.25. The number of carbonyl (C=O) groups excluding carboxylic acids is 1. The highest BCUT2D eigenvalue weighted by Crippen LogP contribution is 2.28. The van der Waals surface area contributed by atoms with Crippen LogP contribution in [0.1, 0.15) is 29.8 Å². The molecule has 2 aromatic rings. The lowest BCUT2D eigenvalue weighted by atomic mass is 10.1. The SMILES string of the molecule is Cc1ccc(N(c2ccc(C=O)cc2)C(C)C)cc1. The van der Waals surface area contributed by atoms with E-state index in [0.29, 0.717) is 11.6 Å². The van der Waals surface area contributed by atoms with Crippen molar-refractivity contribution in [3.63, 3.8) is 0 Å². The van der Waals surface area contributed by atoms with Crippen molar-refractivity contribution >= 4 is 17.7 Å². The van der Waals surface area contributed by atoms with Gasteiger partial charge >= 0.3 is 0 Å². The molecule has 0 aliphatic rings.